The first-order valence-corrected chi connectivity index (χ1v) is 6.18. The largest absolute Gasteiger partial charge is 0.373 e. The fourth-order valence-electron chi connectivity index (χ4n) is 2.01. The van der Waals surface area contributed by atoms with Crippen molar-refractivity contribution in [3.8, 4) is 0 Å². The molecule has 2 heteroatoms. The molecule has 1 aromatic carbocycles. The molecule has 0 saturated heterocycles. The molecule has 0 aromatic heterocycles. The van der Waals surface area contributed by atoms with E-state index in [-0.39, 0.29) is 0 Å². The Labute approximate surface area is 97.8 Å². The van der Waals surface area contributed by atoms with E-state index in [0.29, 0.717) is 5.92 Å². The highest BCUT2D eigenvalue weighted by Crippen LogP contribution is 2.13. The van der Waals surface area contributed by atoms with Crippen molar-refractivity contribution >= 4 is 5.84 Å². The van der Waals surface area contributed by atoms with Gasteiger partial charge in [0.25, 0.3) is 0 Å². The molecule has 1 aliphatic heterocycles. The second-order valence-electron chi connectivity index (χ2n) is 4.48. The van der Waals surface area contributed by atoms with Gasteiger partial charge in [-0.25, -0.2) is 0 Å². The van der Waals surface area contributed by atoms with E-state index in [4.69, 9.17) is 0 Å². The van der Waals surface area contributed by atoms with Crippen molar-refractivity contribution in [3.63, 3.8) is 0 Å². The predicted molar refractivity (Wildman–Crippen MR) is 69.0 cm³/mol. The van der Waals surface area contributed by atoms with E-state index in [1.54, 1.807) is 0 Å². The van der Waals surface area contributed by atoms with Gasteiger partial charge < -0.3 is 5.32 Å². The molecule has 0 radical (unpaired) electrons. The second-order valence-corrected chi connectivity index (χ2v) is 4.48. The van der Waals surface area contributed by atoms with Gasteiger partial charge in [0.15, 0.2) is 0 Å². The molecule has 86 valence electrons. The number of nitrogens with zero attached hydrogens (tertiary/aromatic N) is 1. The summed E-state index contributed by atoms with van der Waals surface area (Å²) in [6.45, 7) is 4.25. The third-order valence-corrected chi connectivity index (χ3v) is 3.11. The SMILES string of the molecule is CC(CNC1=NCCCC1)c1ccccc1. The molecule has 1 N–H and O–H groups in total. The van der Waals surface area contributed by atoms with Crippen LogP contribution in [-0.2, 0) is 0 Å². The van der Waals surface area contributed by atoms with Gasteiger partial charge in [-0.05, 0) is 24.3 Å². The lowest BCUT2D eigenvalue weighted by atomic mass is 10.0. The number of benzene rings is 1. The molecule has 0 amide bonds. The van der Waals surface area contributed by atoms with Crippen LogP contribution < -0.4 is 5.32 Å². The Bertz CT molecular complexity index is 343. The van der Waals surface area contributed by atoms with Gasteiger partial charge in [-0.1, -0.05) is 37.3 Å². The molecule has 0 spiro atoms. The average molecular weight is 216 g/mol. The molecule has 2 nitrogen and oxygen atoms in total. The summed E-state index contributed by atoms with van der Waals surface area (Å²) in [4.78, 5) is 4.50. The topological polar surface area (TPSA) is 24.4 Å². The number of hydrogen-bond acceptors (Lipinski definition) is 2. The quantitative estimate of drug-likeness (QED) is 0.825. The van der Waals surface area contributed by atoms with E-state index in [0.717, 1.165) is 19.5 Å². The summed E-state index contributed by atoms with van der Waals surface area (Å²) >= 11 is 0. The summed E-state index contributed by atoms with van der Waals surface area (Å²) < 4.78 is 0. The number of rotatable bonds is 3. The zero-order valence-electron chi connectivity index (χ0n) is 9.95. The van der Waals surface area contributed by atoms with Crippen molar-refractivity contribution in [2.45, 2.75) is 32.1 Å². The third kappa shape index (κ3) is 3.09. The molecule has 16 heavy (non-hydrogen) atoms. The Morgan fingerprint density at radius 1 is 1.25 bits per heavy atom. The van der Waals surface area contributed by atoms with Crippen LogP contribution >= 0.6 is 0 Å². The van der Waals surface area contributed by atoms with Crippen LogP contribution in [0.3, 0.4) is 0 Å². The van der Waals surface area contributed by atoms with Crippen molar-refractivity contribution in [2.24, 2.45) is 4.99 Å². The van der Waals surface area contributed by atoms with Crippen molar-refractivity contribution < 1.29 is 0 Å². The van der Waals surface area contributed by atoms with E-state index >= 15 is 0 Å². The van der Waals surface area contributed by atoms with E-state index in [9.17, 15) is 0 Å². The van der Waals surface area contributed by atoms with Gasteiger partial charge in [-0.2, -0.15) is 0 Å². The van der Waals surface area contributed by atoms with Crippen LogP contribution in [0.4, 0.5) is 0 Å². The summed E-state index contributed by atoms with van der Waals surface area (Å²) in [6.07, 6.45) is 3.66. The van der Waals surface area contributed by atoms with Gasteiger partial charge >= 0.3 is 0 Å². The fourth-order valence-corrected chi connectivity index (χ4v) is 2.01. The van der Waals surface area contributed by atoms with Crippen LogP contribution in [0, 0.1) is 0 Å². The van der Waals surface area contributed by atoms with Crippen LogP contribution in [0.1, 0.15) is 37.7 Å². The van der Waals surface area contributed by atoms with E-state index in [1.807, 2.05) is 0 Å². The first-order chi connectivity index (χ1) is 7.86. The molecule has 1 aliphatic rings. The fraction of sp³-hybridized carbons (Fsp3) is 0.500. The van der Waals surface area contributed by atoms with Crippen LogP contribution in [0.25, 0.3) is 0 Å². The number of amidine groups is 1. The highest BCUT2D eigenvalue weighted by molar-refractivity contribution is 5.82. The predicted octanol–water partition coefficient (Wildman–Crippen LogP) is 2.96. The summed E-state index contributed by atoms with van der Waals surface area (Å²) in [5.74, 6) is 1.75. The minimum absolute atomic E-state index is 0.547. The zero-order chi connectivity index (χ0) is 11.2. The van der Waals surface area contributed by atoms with Gasteiger partial charge in [0.1, 0.15) is 0 Å². The van der Waals surface area contributed by atoms with Gasteiger partial charge in [0, 0.05) is 19.5 Å². The Balaban J connectivity index is 1.84. The first-order valence-electron chi connectivity index (χ1n) is 6.18. The van der Waals surface area contributed by atoms with E-state index in [1.165, 1.54) is 24.2 Å². The van der Waals surface area contributed by atoms with Gasteiger partial charge in [-0.3, -0.25) is 4.99 Å². The molecule has 0 fully saturated rings. The zero-order valence-corrected chi connectivity index (χ0v) is 9.95. The monoisotopic (exact) mass is 216 g/mol. The second kappa shape index (κ2) is 5.69. The van der Waals surface area contributed by atoms with Gasteiger partial charge in [0.2, 0.25) is 0 Å². The van der Waals surface area contributed by atoms with E-state index < -0.39 is 0 Å². The molecule has 1 atom stereocenters. The molecule has 1 unspecified atom stereocenters. The lowest BCUT2D eigenvalue weighted by Gasteiger charge is -2.17. The number of aliphatic imine (C=N–C) groups is 1. The maximum Gasteiger partial charge on any atom is 0.0963 e. The molecule has 0 aliphatic carbocycles. The smallest absolute Gasteiger partial charge is 0.0963 e. The lowest BCUT2D eigenvalue weighted by Crippen LogP contribution is -2.29. The third-order valence-electron chi connectivity index (χ3n) is 3.11. The Hall–Kier alpha value is -1.31. The lowest BCUT2D eigenvalue weighted by molar-refractivity contribution is 0.671. The highest BCUT2D eigenvalue weighted by atomic mass is 15.0. The molecular weight excluding hydrogens is 196 g/mol. The molecule has 1 aromatic rings. The number of hydrogen-bond donors (Lipinski definition) is 1. The van der Waals surface area contributed by atoms with Crippen molar-refractivity contribution in [1.82, 2.24) is 5.32 Å². The molecule has 0 saturated carbocycles. The molecule has 1 heterocycles. The molecule has 0 bridgehead atoms. The molecule has 2 rings (SSSR count). The summed E-state index contributed by atoms with van der Waals surface area (Å²) in [7, 11) is 0. The molecular formula is C14H20N2. The Morgan fingerprint density at radius 3 is 2.75 bits per heavy atom. The van der Waals surface area contributed by atoms with Crippen molar-refractivity contribution in [3.05, 3.63) is 35.9 Å². The first kappa shape index (κ1) is 11.2. The summed E-state index contributed by atoms with van der Waals surface area (Å²) in [6, 6.07) is 10.6. The summed E-state index contributed by atoms with van der Waals surface area (Å²) in [5, 5.41) is 3.47. The van der Waals surface area contributed by atoms with Gasteiger partial charge in [0.05, 0.1) is 5.84 Å². The minimum atomic E-state index is 0.547. The maximum absolute atomic E-state index is 4.50. The van der Waals surface area contributed by atoms with Crippen LogP contribution in [0.15, 0.2) is 35.3 Å². The normalized spacial score (nSPS) is 17.7. The van der Waals surface area contributed by atoms with Crippen LogP contribution in [0.2, 0.25) is 0 Å². The minimum Gasteiger partial charge on any atom is -0.373 e. The Morgan fingerprint density at radius 2 is 2.06 bits per heavy atom. The highest BCUT2D eigenvalue weighted by Gasteiger charge is 2.08. The van der Waals surface area contributed by atoms with Crippen LogP contribution in [-0.4, -0.2) is 18.9 Å². The Kier molecular flexibility index (Phi) is 3.97. The number of nitrogens with one attached hydrogen (secondary N) is 1. The van der Waals surface area contributed by atoms with Crippen LogP contribution in [0.5, 0.6) is 0 Å². The standard InChI is InChI=1S/C14H20N2/c1-12(13-7-3-2-4-8-13)11-16-14-9-5-6-10-15-14/h2-4,7-8,12H,5-6,9-11H2,1H3,(H,15,16). The van der Waals surface area contributed by atoms with Crippen molar-refractivity contribution in [1.29, 1.82) is 0 Å². The van der Waals surface area contributed by atoms with E-state index in [2.05, 4.69) is 47.6 Å². The summed E-state index contributed by atoms with van der Waals surface area (Å²) in [5.41, 5.74) is 1.39. The van der Waals surface area contributed by atoms with Gasteiger partial charge in [-0.15, -0.1) is 0 Å². The van der Waals surface area contributed by atoms with Crippen molar-refractivity contribution in [2.75, 3.05) is 13.1 Å². The average Bonchev–Trinajstić information content (AvgIpc) is 2.38. The maximum atomic E-state index is 4.50.